The zero-order valence-corrected chi connectivity index (χ0v) is 14.5. The van der Waals surface area contributed by atoms with Gasteiger partial charge in [0.1, 0.15) is 22.6 Å². The molecule has 0 radical (unpaired) electrons. The van der Waals surface area contributed by atoms with Crippen molar-refractivity contribution in [3.05, 3.63) is 62.0 Å². The van der Waals surface area contributed by atoms with Gasteiger partial charge in [-0.1, -0.05) is 6.07 Å². The highest BCUT2D eigenvalue weighted by molar-refractivity contribution is 7.10. The standard InChI is InChI=1S/C17H14N4O4S/c1-8-5-12(22)14(17(24)25-8)10-6-11(13-3-2-4-26-13)21-16(20-10)9(7-19-21)15(18)23/h2-5,7,11,22H,6H2,1H3,(H2,18,23). The number of aromatic nitrogens is 2. The van der Waals surface area contributed by atoms with Gasteiger partial charge < -0.3 is 15.3 Å². The van der Waals surface area contributed by atoms with Crippen LogP contribution in [0, 0.1) is 6.92 Å². The molecule has 1 amide bonds. The molecule has 8 nitrogen and oxygen atoms in total. The molecule has 9 heteroatoms. The molecule has 26 heavy (non-hydrogen) atoms. The maximum atomic E-state index is 12.3. The Bertz CT molecular complexity index is 1090. The van der Waals surface area contributed by atoms with Crippen molar-refractivity contribution in [3.8, 4) is 5.75 Å². The maximum Gasteiger partial charge on any atom is 0.348 e. The minimum atomic E-state index is -0.681. The lowest BCUT2D eigenvalue weighted by Crippen LogP contribution is -2.25. The van der Waals surface area contributed by atoms with E-state index in [2.05, 4.69) is 10.1 Å². The number of carbonyl (C=O) groups is 1. The summed E-state index contributed by atoms with van der Waals surface area (Å²) >= 11 is 1.52. The number of amides is 1. The van der Waals surface area contributed by atoms with Crippen molar-refractivity contribution in [2.24, 2.45) is 10.7 Å². The number of primary amides is 1. The summed E-state index contributed by atoms with van der Waals surface area (Å²) in [6.45, 7) is 1.57. The predicted molar refractivity (Wildman–Crippen MR) is 95.4 cm³/mol. The van der Waals surface area contributed by atoms with E-state index in [9.17, 15) is 14.7 Å². The fourth-order valence-electron chi connectivity index (χ4n) is 3.03. The number of nitrogens with zero attached hydrogens (tertiary/aromatic N) is 3. The van der Waals surface area contributed by atoms with E-state index in [4.69, 9.17) is 10.2 Å². The summed E-state index contributed by atoms with van der Waals surface area (Å²) in [6, 6.07) is 4.93. The van der Waals surface area contributed by atoms with Crippen molar-refractivity contribution in [1.82, 2.24) is 9.78 Å². The third-order valence-corrected chi connectivity index (χ3v) is 5.15. The van der Waals surface area contributed by atoms with Crippen molar-refractivity contribution >= 4 is 28.8 Å². The lowest BCUT2D eigenvalue weighted by molar-refractivity contribution is 0.100. The van der Waals surface area contributed by atoms with E-state index < -0.39 is 11.5 Å². The second-order valence-electron chi connectivity index (χ2n) is 5.89. The van der Waals surface area contributed by atoms with Crippen LogP contribution in [0.2, 0.25) is 0 Å². The lowest BCUT2D eigenvalue weighted by Gasteiger charge is -2.23. The third-order valence-electron chi connectivity index (χ3n) is 4.17. The molecule has 3 N–H and O–H groups in total. The van der Waals surface area contributed by atoms with Crippen LogP contribution in [0.4, 0.5) is 5.82 Å². The van der Waals surface area contributed by atoms with Crippen molar-refractivity contribution in [1.29, 1.82) is 0 Å². The van der Waals surface area contributed by atoms with E-state index in [0.29, 0.717) is 17.9 Å². The van der Waals surface area contributed by atoms with Crippen LogP contribution in [0.1, 0.15) is 39.0 Å². The van der Waals surface area contributed by atoms with Gasteiger partial charge in [0.05, 0.1) is 18.0 Å². The number of hydrogen-bond donors (Lipinski definition) is 2. The molecule has 1 atom stereocenters. The molecule has 0 saturated heterocycles. The quantitative estimate of drug-likeness (QED) is 0.731. The molecule has 0 aliphatic carbocycles. The second-order valence-corrected chi connectivity index (χ2v) is 6.87. The van der Waals surface area contributed by atoms with Crippen LogP contribution in [0.5, 0.6) is 5.75 Å². The SMILES string of the molecule is Cc1cc(O)c(C2=Nc3c(C(N)=O)cnn3C(c3cccs3)C2)c(=O)o1. The number of aromatic hydroxyl groups is 1. The maximum absolute atomic E-state index is 12.3. The monoisotopic (exact) mass is 370 g/mol. The molecule has 132 valence electrons. The summed E-state index contributed by atoms with van der Waals surface area (Å²) in [4.78, 5) is 29.4. The number of hydrogen-bond acceptors (Lipinski definition) is 7. The average molecular weight is 370 g/mol. The van der Waals surface area contributed by atoms with Crippen molar-refractivity contribution < 1.29 is 14.3 Å². The van der Waals surface area contributed by atoms with Crippen LogP contribution < -0.4 is 11.4 Å². The highest BCUT2D eigenvalue weighted by Crippen LogP contribution is 2.37. The van der Waals surface area contributed by atoms with E-state index >= 15 is 0 Å². The van der Waals surface area contributed by atoms with Crippen LogP contribution in [-0.4, -0.2) is 26.5 Å². The summed E-state index contributed by atoms with van der Waals surface area (Å²) in [7, 11) is 0. The Labute approximate surface area is 151 Å². The first-order valence-electron chi connectivity index (χ1n) is 7.78. The Morgan fingerprint density at radius 2 is 2.31 bits per heavy atom. The van der Waals surface area contributed by atoms with Gasteiger partial charge in [-0.2, -0.15) is 5.10 Å². The molecule has 0 aromatic carbocycles. The van der Waals surface area contributed by atoms with Gasteiger partial charge in [-0.3, -0.25) is 4.79 Å². The molecule has 3 aromatic heterocycles. The summed E-state index contributed by atoms with van der Waals surface area (Å²) in [6.07, 6.45) is 1.68. The topological polar surface area (TPSA) is 124 Å². The van der Waals surface area contributed by atoms with Crippen molar-refractivity contribution in [2.75, 3.05) is 0 Å². The molecule has 1 unspecified atom stereocenters. The lowest BCUT2D eigenvalue weighted by atomic mass is 10.0. The van der Waals surface area contributed by atoms with Crippen molar-refractivity contribution in [2.45, 2.75) is 19.4 Å². The zero-order chi connectivity index (χ0) is 18.4. The van der Waals surface area contributed by atoms with Crippen LogP contribution in [0.25, 0.3) is 0 Å². The molecule has 1 aliphatic rings. The normalized spacial score (nSPS) is 16.2. The summed E-state index contributed by atoms with van der Waals surface area (Å²) < 4.78 is 6.72. The summed E-state index contributed by atoms with van der Waals surface area (Å²) in [5.74, 6) is -0.320. The van der Waals surface area contributed by atoms with E-state index in [1.165, 1.54) is 23.6 Å². The molecular weight excluding hydrogens is 356 g/mol. The number of aryl methyl sites for hydroxylation is 1. The van der Waals surface area contributed by atoms with Gasteiger partial charge in [-0.25, -0.2) is 14.5 Å². The number of fused-ring (bicyclic) bond motifs is 1. The van der Waals surface area contributed by atoms with Gasteiger partial charge in [0.15, 0.2) is 5.82 Å². The summed E-state index contributed by atoms with van der Waals surface area (Å²) in [5.41, 5.74) is 5.20. The Kier molecular flexibility index (Phi) is 3.73. The fraction of sp³-hybridized carbons (Fsp3) is 0.176. The first-order chi connectivity index (χ1) is 12.5. The van der Waals surface area contributed by atoms with Crippen LogP contribution in [-0.2, 0) is 0 Å². The van der Waals surface area contributed by atoms with Crippen molar-refractivity contribution in [3.63, 3.8) is 0 Å². The number of nitrogens with two attached hydrogens (primary N) is 1. The molecular formula is C17H14N4O4S. The number of aliphatic imine (C=N–C) groups is 1. The Morgan fingerprint density at radius 3 is 2.96 bits per heavy atom. The molecule has 3 aromatic rings. The van der Waals surface area contributed by atoms with Crippen LogP contribution >= 0.6 is 11.3 Å². The van der Waals surface area contributed by atoms with Crippen LogP contribution in [0.3, 0.4) is 0 Å². The largest absolute Gasteiger partial charge is 0.507 e. The number of carbonyl (C=O) groups excluding carboxylic acids is 1. The third kappa shape index (κ3) is 2.53. The first-order valence-corrected chi connectivity index (χ1v) is 8.66. The fourth-order valence-corrected chi connectivity index (χ4v) is 3.85. The highest BCUT2D eigenvalue weighted by atomic mass is 32.1. The minimum Gasteiger partial charge on any atom is -0.507 e. The highest BCUT2D eigenvalue weighted by Gasteiger charge is 2.31. The average Bonchev–Trinajstić information content (AvgIpc) is 3.23. The van der Waals surface area contributed by atoms with E-state index in [0.717, 1.165) is 4.88 Å². The molecule has 0 bridgehead atoms. The Balaban J connectivity index is 1.94. The molecule has 4 rings (SSSR count). The smallest absolute Gasteiger partial charge is 0.348 e. The number of thiophene rings is 1. The first kappa shape index (κ1) is 16.3. The van der Waals surface area contributed by atoms with Gasteiger partial charge in [0.25, 0.3) is 5.91 Å². The molecule has 1 aliphatic heterocycles. The minimum absolute atomic E-state index is 0.0139. The summed E-state index contributed by atoms with van der Waals surface area (Å²) in [5, 5.41) is 16.4. The van der Waals surface area contributed by atoms with Gasteiger partial charge >= 0.3 is 5.63 Å². The molecule has 0 spiro atoms. The van der Waals surface area contributed by atoms with Crippen LogP contribution in [0.15, 0.2) is 44.0 Å². The van der Waals surface area contributed by atoms with E-state index in [1.807, 2.05) is 17.5 Å². The molecule has 0 fully saturated rings. The van der Waals surface area contributed by atoms with Gasteiger partial charge in [-0.15, -0.1) is 11.3 Å². The van der Waals surface area contributed by atoms with Gasteiger partial charge in [-0.05, 0) is 18.4 Å². The predicted octanol–water partition coefficient (Wildman–Crippen LogP) is 2.12. The second kappa shape index (κ2) is 5.95. The number of rotatable bonds is 3. The van der Waals surface area contributed by atoms with E-state index in [-0.39, 0.29) is 28.7 Å². The molecule has 4 heterocycles. The van der Waals surface area contributed by atoms with Gasteiger partial charge in [0, 0.05) is 17.4 Å². The Hall–Kier alpha value is -3.20. The molecule has 0 saturated carbocycles. The Morgan fingerprint density at radius 1 is 1.50 bits per heavy atom. The zero-order valence-electron chi connectivity index (χ0n) is 13.7. The van der Waals surface area contributed by atoms with Gasteiger partial charge in [0.2, 0.25) is 0 Å². The van der Waals surface area contributed by atoms with E-state index in [1.54, 1.807) is 11.6 Å².